The second kappa shape index (κ2) is 5.30. The second-order valence-corrected chi connectivity index (χ2v) is 6.47. The van der Waals surface area contributed by atoms with Crippen LogP contribution in [0.4, 0.5) is 10.8 Å². The Balaban J connectivity index is 1.75. The molecule has 112 valence electrons. The lowest BCUT2D eigenvalue weighted by atomic mass is 9.91. The zero-order valence-corrected chi connectivity index (χ0v) is 13.2. The first-order chi connectivity index (χ1) is 11.1. The highest BCUT2D eigenvalue weighted by Gasteiger charge is 2.33. The lowest BCUT2D eigenvalue weighted by molar-refractivity contribution is 0.0979. The van der Waals surface area contributed by atoms with Gasteiger partial charge in [0.2, 0.25) is 11.6 Å². The van der Waals surface area contributed by atoms with E-state index in [1.807, 2.05) is 12.1 Å². The fraction of sp³-hybridized carbons (Fsp3) is 0. The number of carbonyl (C=O) groups excluding carboxylic acids is 2. The van der Waals surface area contributed by atoms with Crippen LogP contribution in [0.1, 0.15) is 31.3 Å². The number of fused-ring (bicyclic) bond motifs is 2. The summed E-state index contributed by atoms with van der Waals surface area (Å²) in [7, 11) is 0. The van der Waals surface area contributed by atoms with Crippen LogP contribution in [0.5, 0.6) is 0 Å². The molecule has 4 nitrogen and oxygen atoms in total. The van der Waals surface area contributed by atoms with Crippen molar-refractivity contribution in [2.45, 2.75) is 0 Å². The average molecular weight is 341 g/mol. The topological polar surface area (TPSA) is 59.1 Å². The summed E-state index contributed by atoms with van der Waals surface area (Å²) >= 11 is 7.13. The number of nitrogens with one attached hydrogen (secondary N) is 1. The van der Waals surface area contributed by atoms with Crippen LogP contribution in [0, 0.1) is 0 Å². The highest BCUT2D eigenvalue weighted by atomic mass is 35.5. The number of thiazole rings is 1. The summed E-state index contributed by atoms with van der Waals surface area (Å²) in [6.07, 6.45) is 0. The number of aromatic nitrogens is 1. The molecule has 1 N–H and O–H groups in total. The van der Waals surface area contributed by atoms with Gasteiger partial charge in [0.15, 0.2) is 5.13 Å². The van der Waals surface area contributed by atoms with Crippen molar-refractivity contribution in [1.82, 2.24) is 4.98 Å². The number of nitrogens with zero attached hydrogens (tertiary/aromatic N) is 1. The molecule has 0 bridgehead atoms. The minimum Gasteiger partial charge on any atom is -0.331 e. The van der Waals surface area contributed by atoms with Crippen molar-refractivity contribution in [2.75, 3.05) is 5.32 Å². The third-order valence-corrected chi connectivity index (χ3v) is 4.75. The van der Waals surface area contributed by atoms with E-state index in [-0.39, 0.29) is 17.3 Å². The monoisotopic (exact) mass is 340 g/mol. The molecule has 1 aromatic heterocycles. The molecule has 0 aliphatic heterocycles. The quantitative estimate of drug-likeness (QED) is 0.590. The Hall–Kier alpha value is -2.50. The normalized spacial score (nSPS) is 12.7. The van der Waals surface area contributed by atoms with Gasteiger partial charge in [0, 0.05) is 21.8 Å². The van der Waals surface area contributed by atoms with Gasteiger partial charge in [-0.05, 0) is 18.2 Å². The molecule has 4 rings (SSSR count). The largest absolute Gasteiger partial charge is 0.331 e. The first-order valence-corrected chi connectivity index (χ1v) is 8.05. The smallest absolute Gasteiger partial charge is 0.213 e. The lowest BCUT2D eigenvalue weighted by Crippen LogP contribution is -2.19. The third-order valence-electron chi connectivity index (χ3n) is 3.54. The molecule has 0 saturated heterocycles. The van der Waals surface area contributed by atoms with Gasteiger partial charge in [0.25, 0.3) is 0 Å². The summed E-state index contributed by atoms with van der Waals surface area (Å²) in [5.74, 6) is -0.377. The maximum Gasteiger partial charge on any atom is 0.213 e. The number of carbonyl (C=O) groups is 2. The van der Waals surface area contributed by atoms with Gasteiger partial charge in [0.1, 0.15) is 10.6 Å². The summed E-state index contributed by atoms with van der Waals surface area (Å²) in [6.45, 7) is 0. The Kier molecular flexibility index (Phi) is 3.25. The maximum atomic E-state index is 12.5. The van der Waals surface area contributed by atoms with Crippen molar-refractivity contribution in [1.29, 1.82) is 0 Å². The molecule has 0 unspecified atom stereocenters. The van der Waals surface area contributed by atoms with Gasteiger partial charge in [-0.3, -0.25) is 9.59 Å². The molecule has 0 spiro atoms. The SMILES string of the molecule is O=C1c2ccccc2C(=O)c2sc(Nc3cccc(Cl)c3)nc21. The fourth-order valence-electron chi connectivity index (χ4n) is 2.50. The molecule has 1 aliphatic carbocycles. The van der Waals surface area contributed by atoms with Crippen LogP contribution in [-0.2, 0) is 0 Å². The van der Waals surface area contributed by atoms with Gasteiger partial charge in [-0.25, -0.2) is 4.98 Å². The van der Waals surface area contributed by atoms with Crippen LogP contribution in [0.3, 0.4) is 0 Å². The molecular formula is C17H9ClN2O2S. The van der Waals surface area contributed by atoms with E-state index < -0.39 is 0 Å². The summed E-state index contributed by atoms with van der Waals surface area (Å²) in [5.41, 5.74) is 1.80. The van der Waals surface area contributed by atoms with Crippen LogP contribution in [0.25, 0.3) is 0 Å². The predicted molar refractivity (Wildman–Crippen MR) is 90.2 cm³/mol. The number of rotatable bonds is 2. The van der Waals surface area contributed by atoms with E-state index in [9.17, 15) is 9.59 Å². The molecule has 0 radical (unpaired) electrons. The van der Waals surface area contributed by atoms with Gasteiger partial charge < -0.3 is 5.32 Å². The molecule has 0 fully saturated rings. The summed E-state index contributed by atoms with van der Waals surface area (Å²) in [6, 6.07) is 14.0. The van der Waals surface area contributed by atoms with Crippen molar-refractivity contribution in [3.8, 4) is 0 Å². The first-order valence-electron chi connectivity index (χ1n) is 6.85. The summed E-state index contributed by atoms with van der Waals surface area (Å²) in [4.78, 5) is 29.7. The zero-order valence-electron chi connectivity index (χ0n) is 11.7. The van der Waals surface area contributed by atoms with E-state index in [4.69, 9.17) is 11.6 Å². The van der Waals surface area contributed by atoms with Crippen molar-refractivity contribution in [3.05, 3.63) is 75.3 Å². The Morgan fingerprint density at radius 1 is 0.957 bits per heavy atom. The van der Waals surface area contributed by atoms with Crippen molar-refractivity contribution in [3.63, 3.8) is 0 Å². The molecule has 0 atom stereocenters. The highest BCUT2D eigenvalue weighted by molar-refractivity contribution is 7.18. The number of anilines is 2. The van der Waals surface area contributed by atoms with E-state index in [1.165, 1.54) is 11.3 Å². The molecule has 6 heteroatoms. The standard InChI is InChI=1S/C17H9ClN2O2S/c18-9-4-3-5-10(8-9)19-17-20-13-14(21)11-6-1-2-7-12(11)15(22)16(13)23-17/h1-8H,(H,19,20). The lowest BCUT2D eigenvalue weighted by Gasteiger charge is -2.11. The van der Waals surface area contributed by atoms with Crippen LogP contribution >= 0.6 is 22.9 Å². The van der Waals surface area contributed by atoms with Crippen LogP contribution in [0.15, 0.2) is 48.5 Å². The Morgan fingerprint density at radius 2 is 1.70 bits per heavy atom. The number of hydrogen-bond acceptors (Lipinski definition) is 5. The van der Waals surface area contributed by atoms with Gasteiger partial charge in [-0.15, -0.1) is 0 Å². The molecular weight excluding hydrogens is 332 g/mol. The number of benzene rings is 2. The molecule has 2 aromatic carbocycles. The van der Waals surface area contributed by atoms with E-state index >= 15 is 0 Å². The molecule has 23 heavy (non-hydrogen) atoms. The predicted octanol–water partition coefficient (Wildman–Crippen LogP) is 4.32. The van der Waals surface area contributed by atoms with Gasteiger partial charge in [0.05, 0.1) is 0 Å². The van der Waals surface area contributed by atoms with E-state index in [0.717, 1.165) is 5.69 Å². The summed E-state index contributed by atoms with van der Waals surface area (Å²) < 4.78 is 0. The van der Waals surface area contributed by atoms with Crippen LogP contribution < -0.4 is 5.32 Å². The van der Waals surface area contributed by atoms with Crippen LogP contribution in [0.2, 0.25) is 5.02 Å². The molecule has 0 saturated carbocycles. The average Bonchev–Trinajstić information content (AvgIpc) is 2.97. The van der Waals surface area contributed by atoms with E-state index in [0.29, 0.717) is 26.2 Å². The summed E-state index contributed by atoms with van der Waals surface area (Å²) in [5, 5.41) is 4.17. The Morgan fingerprint density at radius 3 is 2.43 bits per heavy atom. The maximum absolute atomic E-state index is 12.5. The third kappa shape index (κ3) is 2.34. The zero-order chi connectivity index (χ0) is 16.0. The van der Waals surface area contributed by atoms with E-state index in [2.05, 4.69) is 10.3 Å². The van der Waals surface area contributed by atoms with Crippen molar-refractivity contribution < 1.29 is 9.59 Å². The van der Waals surface area contributed by atoms with Gasteiger partial charge in [-0.2, -0.15) is 0 Å². The number of halogens is 1. The molecule has 3 aromatic rings. The van der Waals surface area contributed by atoms with Crippen molar-refractivity contribution >= 4 is 45.3 Å². The number of ketones is 2. The van der Waals surface area contributed by atoms with Gasteiger partial charge >= 0.3 is 0 Å². The first kappa shape index (κ1) is 14.1. The Labute approximate surface area is 140 Å². The van der Waals surface area contributed by atoms with Crippen molar-refractivity contribution in [2.24, 2.45) is 0 Å². The highest BCUT2D eigenvalue weighted by Crippen LogP contribution is 2.34. The Bertz CT molecular complexity index is 912. The minimum absolute atomic E-state index is 0.160. The van der Waals surface area contributed by atoms with Crippen LogP contribution in [-0.4, -0.2) is 16.6 Å². The molecule has 1 heterocycles. The number of hydrogen-bond donors (Lipinski definition) is 1. The minimum atomic E-state index is -0.217. The van der Waals surface area contributed by atoms with E-state index in [1.54, 1.807) is 36.4 Å². The fourth-order valence-corrected chi connectivity index (χ4v) is 3.63. The molecule has 1 aliphatic rings. The molecule has 0 amide bonds. The second-order valence-electron chi connectivity index (χ2n) is 5.04. The van der Waals surface area contributed by atoms with Gasteiger partial charge in [-0.1, -0.05) is 53.3 Å².